The fourth-order valence-corrected chi connectivity index (χ4v) is 1.45. The van der Waals surface area contributed by atoms with Crippen LogP contribution >= 0.6 is 0 Å². The molecule has 3 rings (SSSR count). The SMILES string of the molecule is O=[N+]([O-])c1c([N+](=O)[O-])n2nnnc2c2nnnn12. The summed E-state index contributed by atoms with van der Waals surface area (Å²) < 4.78 is 1.20. The molecule has 0 aliphatic carbocycles. The van der Waals surface area contributed by atoms with Crippen LogP contribution in [0.1, 0.15) is 0 Å². The quantitative estimate of drug-likeness (QED) is 0.380. The second-order valence-electron chi connectivity index (χ2n) is 2.99. The molecule has 3 aromatic rings. The van der Waals surface area contributed by atoms with Gasteiger partial charge in [0.15, 0.2) is 0 Å². The summed E-state index contributed by atoms with van der Waals surface area (Å²) in [5.74, 6) is -1.86. The van der Waals surface area contributed by atoms with Gasteiger partial charge in [0.05, 0.1) is 10.4 Å². The van der Waals surface area contributed by atoms with E-state index < -0.39 is 21.5 Å². The van der Waals surface area contributed by atoms with Crippen molar-refractivity contribution in [3.63, 3.8) is 0 Å². The Morgan fingerprint density at radius 2 is 1.22 bits per heavy atom. The fourth-order valence-electron chi connectivity index (χ4n) is 1.45. The second-order valence-corrected chi connectivity index (χ2v) is 2.99. The first-order chi connectivity index (χ1) is 8.61. The maximum Gasteiger partial charge on any atom is 0.449 e. The molecule has 3 aromatic heterocycles. The van der Waals surface area contributed by atoms with Crippen molar-refractivity contribution in [1.29, 1.82) is 0 Å². The van der Waals surface area contributed by atoms with Gasteiger partial charge in [0.25, 0.3) is 0 Å². The molecule has 0 spiro atoms. The number of fused-ring (bicyclic) bond motifs is 3. The summed E-state index contributed by atoms with van der Waals surface area (Å²) in [6.45, 7) is 0. The molecule has 0 aromatic carbocycles. The molecule has 0 radical (unpaired) electrons. The van der Waals surface area contributed by atoms with Crippen molar-refractivity contribution < 1.29 is 9.85 Å². The minimum absolute atomic E-state index is 0.155. The Kier molecular flexibility index (Phi) is 1.70. The van der Waals surface area contributed by atoms with Crippen molar-refractivity contribution in [2.24, 2.45) is 0 Å². The third-order valence-corrected chi connectivity index (χ3v) is 2.09. The Morgan fingerprint density at radius 3 is 1.56 bits per heavy atom. The molecule has 0 amide bonds. The smallest absolute Gasteiger partial charge is 0.358 e. The summed E-state index contributed by atoms with van der Waals surface area (Å²) in [4.78, 5) is 19.8. The molecule has 0 aliphatic heterocycles. The van der Waals surface area contributed by atoms with Crippen molar-refractivity contribution in [3.05, 3.63) is 20.2 Å². The van der Waals surface area contributed by atoms with Gasteiger partial charge >= 0.3 is 22.9 Å². The molecule has 0 saturated heterocycles. The lowest BCUT2D eigenvalue weighted by Gasteiger charge is -1.98. The van der Waals surface area contributed by atoms with Gasteiger partial charge in [-0.15, -0.1) is 0 Å². The standard InChI is InChI=1S/C4N10O4/c15-13(16)3-4(14(17)18)12-2(6-8-10-12)1-5-7-9-11(1)3. The van der Waals surface area contributed by atoms with E-state index in [1.165, 1.54) is 0 Å². The molecule has 18 heavy (non-hydrogen) atoms. The average Bonchev–Trinajstić information content (AvgIpc) is 2.93. The van der Waals surface area contributed by atoms with Gasteiger partial charge in [-0.3, -0.25) is 0 Å². The number of nitrogens with zero attached hydrogens (tertiary/aromatic N) is 10. The van der Waals surface area contributed by atoms with E-state index in [1.54, 1.807) is 0 Å². The highest BCUT2D eigenvalue weighted by Crippen LogP contribution is 2.27. The Bertz CT molecular complexity index is 733. The predicted molar refractivity (Wildman–Crippen MR) is 48.4 cm³/mol. The molecule has 3 heterocycles. The summed E-state index contributed by atoms with van der Waals surface area (Å²) in [5, 5.41) is 41.8. The Morgan fingerprint density at radius 1 is 0.833 bits per heavy atom. The van der Waals surface area contributed by atoms with Crippen molar-refractivity contribution in [2.45, 2.75) is 0 Å². The molecule has 0 saturated carbocycles. The number of hydrogen-bond acceptors (Lipinski definition) is 10. The number of tetrazole rings is 2. The van der Waals surface area contributed by atoms with E-state index >= 15 is 0 Å². The summed E-state index contributed by atoms with van der Waals surface area (Å²) in [6, 6.07) is 0. The monoisotopic (exact) mass is 252 g/mol. The summed E-state index contributed by atoms with van der Waals surface area (Å²) >= 11 is 0. The summed E-state index contributed by atoms with van der Waals surface area (Å²) in [6.07, 6.45) is 0. The molecule has 0 N–H and O–H groups in total. The lowest BCUT2D eigenvalue weighted by Crippen LogP contribution is -2.10. The van der Waals surface area contributed by atoms with Crippen LogP contribution in [0.15, 0.2) is 0 Å². The molecule has 0 aliphatic rings. The van der Waals surface area contributed by atoms with Crippen molar-refractivity contribution >= 4 is 22.9 Å². The van der Waals surface area contributed by atoms with Crippen molar-refractivity contribution in [2.75, 3.05) is 0 Å². The van der Waals surface area contributed by atoms with E-state index in [0.717, 1.165) is 0 Å². The van der Waals surface area contributed by atoms with E-state index in [-0.39, 0.29) is 11.3 Å². The fraction of sp³-hybridized carbons (Fsp3) is 0. The third kappa shape index (κ3) is 1.05. The van der Waals surface area contributed by atoms with Crippen molar-refractivity contribution in [1.82, 2.24) is 40.1 Å². The average molecular weight is 252 g/mol. The summed E-state index contributed by atoms with van der Waals surface area (Å²) in [5.41, 5.74) is -0.311. The van der Waals surface area contributed by atoms with Gasteiger partial charge in [-0.1, -0.05) is 10.2 Å². The molecule has 14 nitrogen and oxygen atoms in total. The number of rotatable bonds is 2. The van der Waals surface area contributed by atoms with Gasteiger partial charge in [0.2, 0.25) is 0 Å². The van der Waals surface area contributed by atoms with Gasteiger partial charge in [-0.05, 0) is 29.3 Å². The van der Waals surface area contributed by atoms with Crippen LogP contribution in [0.2, 0.25) is 0 Å². The van der Waals surface area contributed by atoms with Crippen LogP contribution in [-0.4, -0.2) is 49.9 Å². The highest BCUT2D eigenvalue weighted by atomic mass is 16.6. The minimum atomic E-state index is -0.984. The van der Waals surface area contributed by atoms with Gasteiger partial charge in [-0.2, -0.15) is 0 Å². The topological polar surface area (TPSA) is 172 Å². The largest absolute Gasteiger partial charge is 0.449 e. The summed E-state index contributed by atoms with van der Waals surface area (Å²) in [7, 11) is 0. The maximum atomic E-state index is 10.9. The van der Waals surface area contributed by atoms with E-state index in [0.29, 0.717) is 9.03 Å². The normalized spacial score (nSPS) is 11.1. The lowest BCUT2D eigenvalue weighted by atomic mass is 10.5. The van der Waals surface area contributed by atoms with E-state index in [9.17, 15) is 20.2 Å². The zero-order valence-electron chi connectivity index (χ0n) is 8.11. The molecule has 14 heteroatoms. The van der Waals surface area contributed by atoms with Crippen LogP contribution in [0.4, 0.5) is 11.6 Å². The van der Waals surface area contributed by atoms with Crippen LogP contribution in [-0.2, 0) is 0 Å². The molecule has 0 bridgehead atoms. The number of nitro groups is 2. The molecular weight excluding hydrogens is 252 g/mol. The highest BCUT2D eigenvalue weighted by molar-refractivity contribution is 5.69. The lowest BCUT2D eigenvalue weighted by molar-refractivity contribution is -0.430. The van der Waals surface area contributed by atoms with Gasteiger partial charge < -0.3 is 20.2 Å². The number of hydrogen-bond donors (Lipinski definition) is 0. The first kappa shape index (κ1) is 9.87. The molecular formula is C4N10O4. The van der Waals surface area contributed by atoms with Crippen LogP contribution < -0.4 is 0 Å². The Hall–Kier alpha value is -3.32. The number of aromatic nitrogens is 8. The first-order valence-electron chi connectivity index (χ1n) is 4.22. The Labute approximate surface area is 94.1 Å². The Balaban J connectivity index is 2.66. The molecule has 90 valence electrons. The van der Waals surface area contributed by atoms with E-state index in [2.05, 4.69) is 31.1 Å². The molecule has 0 atom stereocenters. The highest BCUT2D eigenvalue weighted by Gasteiger charge is 2.37. The molecule has 0 fully saturated rings. The molecule has 0 unspecified atom stereocenters. The van der Waals surface area contributed by atoms with Gasteiger partial charge in [0, 0.05) is 0 Å². The van der Waals surface area contributed by atoms with Gasteiger partial charge in [-0.25, -0.2) is 0 Å². The zero-order chi connectivity index (χ0) is 12.9. The van der Waals surface area contributed by atoms with Crippen LogP contribution in [0.3, 0.4) is 0 Å². The minimum Gasteiger partial charge on any atom is -0.358 e. The maximum absolute atomic E-state index is 10.9. The zero-order valence-corrected chi connectivity index (χ0v) is 8.11. The van der Waals surface area contributed by atoms with Crippen LogP contribution in [0.5, 0.6) is 0 Å². The van der Waals surface area contributed by atoms with Gasteiger partial charge in [0.1, 0.15) is 0 Å². The van der Waals surface area contributed by atoms with Crippen molar-refractivity contribution in [3.8, 4) is 0 Å². The second kappa shape index (κ2) is 3.09. The third-order valence-electron chi connectivity index (χ3n) is 2.09. The van der Waals surface area contributed by atoms with Crippen LogP contribution in [0.25, 0.3) is 11.3 Å². The first-order valence-corrected chi connectivity index (χ1v) is 4.22. The predicted octanol–water partition coefficient (Wildman–Crippen LogP) is -1.62. The van der Waals surface area contributed by atoms with E-state index in [4.69, 9.17) is 0 Å². The van der Waals surface area contributed by atoms with Crippen LogP contribution in [0, 0.1) is 20.2 Å². The van der Waals surface area contributed by atoms with E-state index in [1.807, 2.05) is 0 Å².